The van der Waals surface area contributed by atoms with Crippen LogP contribution in [-0.2, 0) is 19.5 Å². The third-order valence-corrected chi connectivity index (χ3v) is 5.17. The standard InChI is InChI=1S/C18H25N5S/c1-13-10-20-17(24-13)12-22-18(19-2)21-11-14-6-7-16-15(9-14)5-4-8-23(16)3/h6-7,9-10H,4-5,8,11-12H2,1-3H3,(H2,19,21,22). The van der Waals surface area contributed by atoms with Crippen molar-refractivity contribution < 1.29 is 0 Å². The van der Waals surface area contributed by atoms with Crippen molar-refractivity contribution in [2.24, 2.45) is 4.99 Å². The highest BCUT2D eigenvalue weighted by atomic mass is 32.1. The van der Waals surface area contributed by atoms with E-state index in [-0.39, 0.29) is 0 Å². The van der Waals surface area contributed by atoms with Crippen molar-refractivity contribution in [3.63, 3.8) is 0 Å². The summed E-state index contributed by atoms with van der Waals surface area (Å²) in [5.41, 5.74) is 4.10. The number of rotatable bonds is 4. The molecule has 1 aromatic heterocycles. The number of benzene rings is 1. The minimum atomic E-state index is 0.702. The minimum Gasteiger partial charge on any atom is -0.374 e. The monoisotopic (exact) mass is 343 g/mol. The zero-order valence-corrected chi connectivity index (χ0v) is 15.4. The molecule has 1 aromatic carbocycles. The lowest BCUT2D eigenvalue weighted by atomic mass is 9.99. The molecule has 1 aliphatic rings. The van der Waals surface area contributed by atoms with E-state index in [1.54, 1.807) is 18.4 Å². The fourth-order valence-electron chi connectivity index (χ4n) is 3.00. The number of thiazole rings is 1. The van der Waals surface area contributed by atoms with Crippen LogP contribution in [0.1, 0.15) is 27.4 Å². The number of hydrogen-bond donors (Lipinski definition) is 2. The summed E-state index contributed by atoms with van der Waals surface area (Å²) in [6.45, 7) is 4.69. The lowest BCUT2D eigenvalue weighted by Crippen LogP contribution is -2.36. The van der Waals surface area contributed by atoms with Crippen molar-refractivity contribution in [3.8, 4) is 0 Å². The molecule has 0 amide bonds. The molecule has 2 N–H and O–H groups in total. The van der Waals surface area contributed by atoms with Crippen LogP contribution in [0.2, 0.25) is 0 Å². The van der Waals surface area contributed by atoms with Gasteiger partial charge in [0.2, 0.25) is 0 Å². The number of anilines is 1. The Kier molecular flexibility index (Phi) is 5.35. The molecule has 3 rings (SSSR count). The third-order valence-electron chi connectivity index (χ3n) is 4.25. The second kappa shape index (κ2) is 7.66. The topological polar surface area (TPSA) is 52.6 Å². The van der Waals surface area contributed by atoms with E-state index in [2.05, 4.69) is 57.7 Å². The number of aromatic nitrogens is 1. The van der Waals surface area contributed by atoms with E-state index < -0.39 is 0 Å². The Labute approximate surface area is 147 Å². The maximum Gasteiger partial charge on any atom is 0.191 e. The van der Waals surface area contributed by atoms with Gasteiger partial charge in [-0.3, -0.25) is 4.99 Å². The first kappa shape index (κ1) is 16.8. The number of hydrogen-bond acceptors (Lipinski definition) is 4. The molecular weight excluding hydrogens is 318 g/mol. The van der Waals surface area contributed by atoms with Gasteiger partial charge in [0.1, 0.15) is 5.01 Å². The molecule has 0 radical (unpaired) electrons. The molecule has 0 fully saturated rings. The van der Waals surface area contributed by atoms with Crippen molar-refractivity contribution in [3.05, 3.63) is 45.4 Å². The van der Waals surface area contributed by atoms with E-state index in [1.807, 2.05) is 6.20 Å². The SMILES string of the molecule is CN=C(NCc1ccc2c(c1)CCCN2C)NCc1ncc(C)s1. The predicted molar refractivity (Wildman–Crippen MR) is 102 cm³/mol. The van der Waals surface area contributed by atoms with E-state index in [1.165, 1.54) is 34.5 Å². The third kappa shape index (κ3) is 4.06. The minimum absolute atomic E-state index is 0.702. The molecule has 24 heavy (non-hydrogen) atoms. The van der Waals surface area contributed by atoms with E-state index in [9.17, 15) is 0 Å². The van der Waals surface area contributed by atoms with Crippen LogP contribution in [0.5, 0.6) is 0 Å². The average molecular weight is 344 g/mol. The Morgan fingerprint density at radius 3 is 2.92 bits per heavy atom. The Balaban J connectivity index is 1.55. The quantitative estimate of drug-likeness (QED) is 0.662. The fourth-order valence-corrected chi connectivity index (χ4v) is 3.72. The Morgan fingerprint density at radius 2 is 2.17 bits per heavy atom. The number of guanidine groups is 1. The maximum atomic E-state index is 4.36. The smallest absolute Gasteiger partial charge is 0.191 e. The van der Waals surface area contributed by atoms with Crippen LogP contribution in [0.3, 0.4) is 0 Å². The molecule has 128 valence electrons. The summed E-state index contributed by atoms with van der Waals surface area (Å²) in [6.07, 6.45) is 4.31. The van der Waals surface area contributed by atoms with Gasteiger partial charge >= 0.3 is 0 Å². The molecule has 0 aliphatic carbocycles. The summed E-state index contributed by atoms with van der Waals surface area (Å²) in [5, 5.41) is 7.78. The lowest BCUT2D eigenvalue weighted by Gasteiger charge is -2.28. The van der Waals surface area contributed by atoms with Gasteiger partial charge in [-0.05, 0) is 37.0 Å². The Morgan fingerprint density at radius 1 is 1.33 bits per heavy atom. The van der Waals surface area contributed by atoms with Gasteiger partial charge < -0.3 is 15.5 Å². The summed E-state index contributed by atoms with van der Waals surface area (Å²) >= 11 is 1.71. The van der Waals surface area contributed by atoms with Crippen LogP contribution in [0.15, 0.2) is 29.4 Å². The first-order chi connectivity index (χ1) is 11.7. The highest BCUT2D eigenvalue weighted by molar-refractivity contribution is 7.11. The number of nitrogens with zero attached hydrogens (tertiary/aromatic N) is 3. The van der Waals surface area contributed by atoms with Crippen LogP contribution < -0.4 is 15.5 Å². The van der Waals surface area contributed by atoms with E-state index in [0.717, 1.165) is 24.1 Å². The highest BCUT2D eigenvalue weighted by Gasteiger charge is 2.13. The van der Waals surface area contributed by atoms with Gasteiger partial charge in [-0.15, -0.1) is 11.3 Å². The van der Waals surface area contributed by atoms with Crippen molar-refractivity contribution >= 4 is 23.0 Å². The predicted octanol–water partition coefficient (Wildman–Crippen LogP) is 2.70. The van der Waals surface area contributed by atoms with Gasteiger partial charge in [0, 0.05) is 43.9 Å². The average Bonchev–Trinajstić information content (AvgIpc) is 3.00. The Hall–Kier alpha value is -2.08. The van der Waals surface area contributed by atoms with Gasteiger partial charge in [0.15, 0.2) is 5.96 Å². The number of aryl methyl sites for hydroxylation is 2. The number of fused-ring (bicyclic) bond motifs is 1. The van der Waals surface area contributed by atoms with Crippen molar-refractivity contribution in [1.29, 1.82) is 0 Å². The second-order valence-corrected chi connectivity index (χ2v) is 7.45. The molecular formula is C18H25N5S. The van der Waals surface area contributed by atoms with Crippen LogP contribution in [-0.4, -0.2) is 31.6 Å². The fraction of sp³-hybridized carbons (Fsp3) is 0.444. The highest BCUT2D eigenvalue weighted by Crippen LogP contribution is 2.26. The molecule has 0 spiro atoms. The molecule has 2 aromatic rings. The van der Waals surface area contributed by atoms with Crippen molar-refractivity contribution in [2.45, 2.75) is 32.9 Å². The first-order valence-corrected chi connectivity index (χ1v) is 9.16. The van der Waals surface area contributed by atoms with Crippen LogP contribution in [0.4, 0.5) is 5.69 Å². The van der Waals surface area contributed by atoms with E-state index in [4.69, 9.17) is 0 Å². The largest absolute Gasteiger partial charge is 0.374 e. The van der Waals surface area contributed by atoms with Gasteiger partial charge in [0.25, 0.3) is 0 Å². The molecule has 5 nitrogen and oxygen atoms in total. The van der Waals surface area contributed by atoms with Gasteiger partial charge in [-0.25, -0.2) is 4.98 Å². The summed E-state index contributed by atoms with van der Waals surface area (Å²) < 4.78 is 0. The summed E-state index contributed by atoms with van der Waals surface area (Å²) in [4.78, 5) is 12.2. The number of nitrogens with one attached hydrogen (secondary N) is 2. The molecule has 0 atom stereocenters. The molecule has 1 aliphatic heterocycles. The van der Waals surface area contributed by atoms with Crippen LogP contribution in [0, 0.1) is 6.92 Å². The van der Waals surface area contributed by atoms with Gasteiger partial charge in [-0.2, -0.15) is 0 Å². The van der Waals surface area contributed by atoms with Crippen LogP contribution in [0.25, 0.3) is 0 Å². The molecule has 0 unspecified atom stereocenters. The maximum absolute atomic E-state index is 4.36. The van der Waals surface area contributed by atoms with Gasteiger partial charge in [0.05, 0.1) is 6.54 Å². The lowest BCUT2D eigenvalue weighted by molar-refractivity contribution is 0.740. The first-order valence-electron chi connectivity index (χ1n) is 8.34. The zero-order chi connectivity index (χ0) is 16.9. The van der Waals surface area contributed by atoms with Crippen molar-refractivity contribution in [1.82, 2.24) is 15.6 Å². The molecule has 0 saturated heterocycles. The molecule has 2 heterocycles. The molecule has 0 saturated carbocycles. The van der Waals surface area contributed by atoms with Crippen molar-refractivity contribution in [2.75, 3.05) is 25.5 Å². The molecule has 6 heteroatoms. The summed E-state index contributed by atoms with van der Waals surface area (Å²) in [6, 6.07) is 6.75. The summed E-state index contributed by atoms with van der Waals surface area (Å²) in [5.74, 6) is 0.803. The second-order valence-electron chi connectivity index (χ2n) is 6.13. The van der Waals surface area contributed by atoms with Gasteiger partial charge in [-0.1, -0.05) is 12.1 Å². The molecule has 0 bridgehead atoms. The van der Waals surface area contributed by atoms with E-state index >= 15 is 0 Å². The zero-order valence-electron chi connectivity index (χ0n) is 14.6. The van der Waals surface area contributed by atoms with E-state index in [0.29, 0.717) is 6.54 Å². The Bertz CT molecular complexity index is 722. The van der Waals surface area contributed by atoms with Crippen LogP contribution >= 0.6 is 11.3 Å². The summed E-state index contributed by atoms with van der Waals surface area (Å²) in [7, 11) is 3.96. The normalized spacial score (nSPS) is 14.5. The number of aliphatic imine (C=N–C) groups is 1.